The Hall–Kier alpha value is -0.830. The van der Waals surface area contributed by atoms with E-state index < -0.39 is 0 Å². The highest BCUT2D eigenvalue weighted by atomic mass is 32.1. The fourth-order valence-electron chi connectivity index (χ4n) is 1.02. The van der Waals surface area contributed by atoms with Crippen molar-refractivity contribution in [3.8, 4) is 0 Å². The number of hydrogen-bond acceptors (Lipinski definition) is 2. The number of primary amides is 1. The fraction of sp³-hybridized carbons (Fsp3) is 0.444. The van der Waals surface area contributed by atoms with Crippen LogP contribution in [-0.2, 0) is 6.42 Å². The van der Waals surface area contributed by atoms with Crippen molar-refractivity contribution in [3.63, 3.8) is 0 Å². The van der Waals surface area contributed by atoms with E-state index >= 15 is 0 Å². The first kappa shape index (κ1) is 9.26. The van der Waals surface area contributed by atoms with Crippen LogP contribution >= 0.6 is 11.3 Å². The van der Waals surface area contributed by atoms with E-state index in [4.69, 9.17) is 5.73 Å². The van der Waals surface area contributed by atoms with Crippen LogP contribution in [0.1, 0.15) is 28.4 Å². The van der Waals surface area contributed by atoms with E-state index in [1.807, 2.05) is 6.07 Å². The van der Waals surface area contributed by atoms with E-state index in [2.05, 4.69) is 13.8 Å². The zero-order valence-corrected chi connectivity index (χ0v) is 8.15. The molecule has 0 fully saturated rings. The highest BCUT2D eigenvalue weighted by Gasteiger charge is 2.05. The lowest BCUT2D eigenvalue weighted by Gasteiger charge is -1.99. The first-order valence-corrected chi connectivity index (χ1v) is 4.79. The molecule has 3 heteroatoms. The summed E-state index contributed by atoms with van der Waals surface area (Å²) in [6, 6.07) is 3.77. The molecule has 1 rings (SSSR count). The maximum atomic E-state index is 10.7. The predicted molar refractivity (Wildman–Crippen MR) is 51.4 cm³/mol. The van der Waals surface area contributed by atoms with Gasteiger partial charge in [-0.2, -0.15) is 0 Å². The number of carbonyl (C=O) groups is 1. The van der Waals surface area contributed by atoms with Gasteiger partial charge in [-0.15, -0.1) is 11.3 Å². The summed E-state index contributed by atoms with van der Waals surface area (Å²) in [5, 5.41) is 0. The normalized spacial score (nSPS) is 10.6. The van der Waals surface area contributed by atoms with Crippen molar-refractivity contribution in [2.45, 2.75) is 20.3 Å². The minimum Gasteiger partial charge on any atom is -0.365 e. The molecule has 66 valence electrons. The van der Waals surface area contributed by atoms with Crippen LogP contribution in [0.4, 0.5) is 0 Å². The van der Waals surface area contributed by atoms with Crippen LogP contribution < -0.4 is 5.73 Å². The molecular formula is C9H13NOS. The highest BCUT2D eigenvalue weighted by molar-refractivity contribution is 7.14. The Labute approximate surface area is 76.4 Å². The molecule has 1 heterocycles. The summed E-state index contributed by atoms with van der Waals surface area (Å²) in [6.07, 6.45) is 1.03. The van der Waals surface area contributed by atoms with Crippen LogP contribution in [0.5, 0.6) is 0 Å². The van der Waals surface area contributed by atoms with Gasteiger partial charge in [0.05, 0.1) is 4.88 Å². The minimum absolute atomic E-state index is 0.324. The Morgan fingerprint density at radius 2 is 2.25 bits per heavy atom. The number of nitrogens with two attached hydrogens (primary N) is 1. The Kier molecular flexibility index (Phi) is 2.87. The molecule has 0 radical (unpaired) electrons. The number of amides is 1. The van der Waals surface area contributed by atoms with Crippen LogP contribution in [0.3, 0.4) is 0 Å². The molecule has 2 N–H and O–H groups in total. The molecule has 0 saturated carbocycles. The summed E-state index contributed by atoms with van der Waals surface area (Å²) in [7, 11) is 0. The number of rotatable bonds is 3. The van der Waals surface area contributed by atoms with Gasteiger partial charge in [0, 0.05) is 4.88 Å². The predicted octanol–water partition coefficient (Wildman–Crippen LogP) is 2.05. The fourth-order valence-corrected chi connectivity index (χ4v) is 2.09. The molecule has 0 aliphatic rings. The molecule has 12 heavy (non-hydrogen) atoms. The van der Waals surface area contributed by atoms with Gasteiger partial charge in [0.15, 0.2) is 0 Å². The van der Waals surface area contributed by atoms with Gasteiger partial charge in [-0.1, -0.05) is 13.8 Å². The van der Waals surface area contributed by atoms with Gasteiger partial charge in [0.25, 0.3) is 5.91 Å². The van der Waals surface area contributed by atoms with Crippen molar-refractivity contribution in [1.82, 2.24) is 0 Å². The second-order valence-corrected chi connectivity index (χ2v) is 4.40. The second kappa shape index (κ2) is 3.72. The number of carbonyl (C=O) groups excluding carboxylic acids is 1. The third-order valence-electron chi connectivity index (χ3n) is 1.51. The Bertz CT molecular complexity index is 278. The lowest BCUT2D eigenvalue weighted by Crippen LogP contribution is -2.08. The Balaban J connectivity index is 2.71. The van der Waals surface area contributed by atoms with Crippen LogP contribution in [-0.4, -0.2) is 5.91 Å². The zero-order valence-electron chi connectivity index (χ0n) is 7.33. The third-order valence-corrected chi connectivity index (χ3v) is 2.64. The molecule has 0 unspecified atom stereocenters. The molecule has 0 aliphatic heterocycles. The van der Waals surface area contributed by atoms with Gasteiger partial charge in [0.2, 0.25) is 0 Å². The molecule has 0 bridgehead atoms. The van der Waals surface area contributed by atoms with Crippen molar-refractivity contribution in [2.24, 2.45) is 11.7 Å². The van der Waals surface area contributed by atoms with Crippen molar-refractivity contribution < 1.29 is 4.79 Å². The molecule has 0 atom stereocenters. The van der Waals surface area contributed by atoms with Crippen LogP contribution in [0.25, 0.3) is 0 Å². The molecule has 0 aliphatic carbocycles. The van der Waals surface area contributed by atoms with Gasteiger partial charge < -0.3 is 5.73 Å². The van der Waals surface area contributed by atoms with Crippen molar-refractivity contribution in [3.05, 3.63) is 21.9 Å². The summed E-state index contributed by atoms with van der Waals surface area (Å²) >= 11 is 1.49. The topological polar surface area (TPSA) is 43.1 Å². The van der Waals surface area contributed by atoms with Gasteiger partial charge in [-0.3, -0.25) is 4.79 Å². The van der Waals surface area contributed by atoms with E-state index in [0.29, 0.717) is 10.8 Å². The van der Waals surface area contributed by atoms with E-state index in [1.165, 1.54) is 16.2 Å². The van der Waals surface area contributed by atoms with Gasteiger partial charge >= 0.3 is 0 Å². The van der Waals surface area contributed by atoms with Crippen molar-refractivity contribution >= 4 is 17.2 Å². The van der Waals surface area contributed by atoms with E-state index in [1.54, 1.807) is 6.07 Å². The summed E-state index contributed by atoms with van der Waals surface area (Å²) in [4.78, 5) is 12.6. The SMILES string of the molecule is CC(C)Cc1ccc(C(N)=O)s1. The lowest BCUT2D eigenvalue weighted by atomic mass is 10.1. The number of hydrogen-bond donors (Lipinski definition) is 1. The number of thiophene rings is 1. The average molecular weight is 183 g/mol. The van der Waals surface area contributed by atoms with Crippen LogP contribution in [0, 0.1) is 5.92 Å². The molecule has 0 aromatic carbocycles. The standard InChI is InChI=1S/C9H13NOS/c1-6(2)5-7-3-4-8(12-7)9(10)11/h3-4,6H,5H2,1-2H3,(H2,10,11). The first-order valence-electron chi connectivity index (χ1n) is 3.98. The van der Waals surface area contributed by atoms with Gasteiger partial charge in [-0.05, 0) is 24.5 Å². The molecule has 0 spiro atoms. The second-order valence-electron chi connectivity index (χ2n) is 3.23. The van der Waals surface area contributed by atoms with E-state index in [-0.39, 0.29) is 5.91 Å². The average Bonchev–Trinajstić information content (AvgIpc) is 2.34. The lowest BCUT2D eigenvalue weighted by molar-refractivity contribution is 0.100. The summed E-state index contributed by atoms with van der Waals surface area (Å²) < 4.78 is 0. The first-order chi connectivity index (χ1) is 5.59. The van der Waals surface area contributed by atoms with Crippen LogP contribution in [0.2, 0.25) is 0 Å². The van der Waals surface area contributed by atoms with Gasteiger partial charge in [-0.25, -0.2) is 0 Å². The molecule has 2 nitrogen and oxygen atoms in total. The van der Waals surface area contributed by atoms with E-state index in [9.17, 15) is 4.79 Å². The smallest absolute Gasteiger partial charge is 0.258 e. The minimum atomic E-state index is -0.324. The summed E-state index contributed by atoms with van der Waals surface area (Å²) in [5.74, 6) is 0.305. The third kappa shape index (κ3) is 2.34. The van der Waals surface area contributed by atoms with Gasteiger partial charge in [0.1, 0.15) is 0 Å². The monoisotopic (exact) mass is 183 g/mol. The molecule has 1 amide bonds. The highest BCUT2D eigenvalue weighted by Crippen LogP contribution is 2.18. The van der Waals surface area contributed by atoms with Crippen LogP contribution in [0.15, 0.2) is 12.1 Å². The Morgan fingerprint density at radius 3 is 2.67 bits per heavy atom. The Morgan fingerprint density at radius 1 is 1.58 bits per heavy atom. The molecule has 1 aromatic heterocycles. The maximum absolute atomic E-state index is 10.7. The molecule has 1 aromatic rings. The summed E-state index contributed by atoms with van der Waals surface area (Å²) in [5.41, 5.74) is 5.13. The maximum Gasteiger partial charge on any atom is 0.258 e. The van der Waals surface area contributed by atoms with E-state index in [0.717, 1.165) is 6.42 Å². The largest absolute Gasteiger partial charge is 0.365 e. The zero-order chi connectivity index (χ0) is 9.14. The molecule has 0 saturated heterocycles. The summed E-state index contributed by atoms with van der Waals surface area (Å²) in [6.45, 7) is 4.31. The van der Waals surface area contributed by atoms with Crippen molar-refractivity contribution in [2.75, 3.05) is 0 Å². The van der Waals surface area contributed by atoms with Crippen molar-refractivity contribution in [1.29, 1.82) is 0 Å². The quantitative estimate of drug-likeness (QED) is 0.765. The molecular weight excluding hydrogens is 170 g/mol.